The SMILES string of the molecule is Cc1nn(-c2cccc(F)c2)c2c1[C@H](C(=O)c1ccc(Br)cc1)CC(=O)N2. The molecule has 5 nitrogen and oxygen atoms in total. The van der Waals surface area contributed by atoms with E-state index in [0.29, 0.717) is 28.3 Å². The molecule has 0 radical (unpaired) electrons. The molecule has 1 aliphatic rings. The van der Waals surface area contributed by atoms with Crippen LogP contribution in [0.25, 0.3) is 5.69 Å². The molecular weight excluding hydrogens is 413 g/mol. The number of aryl methyl sites for hydroxylation is 1. The average molecular weight is 428 g/mol. The molecule has 0 fully saturated rings. The van der Waals surface area contributed by atoms with Crippen LogP contribution in [0.4, 0.5) is 10.2 Å². The molecule has 3 aromatic rings. The van der Waals surface area contributed by atoms with Gasteiger partial charge >= 0.3 is 0 Å². The average Bonchev–Trinajstić information content (AvgIpc) is 2.97. The molecule has 0 saturated heterocycles. The van der Waals surface area contributed by atoms with Gasteiger partial charge in [0.1, 0.15) is 11.6 Å². The lowest BCUT2D eigenvalue weighted by Crippen LogP contribution is -2.28. The predicted octanol–water partition coefficient (Wildman–Crippen LogP) is 4.39. The number of rotatable bonds is 3. The summed E-state index contributed by atoms with van der Waals surface area (Å²) in [6.45, 7) is 1.79. The van der Waals surface area contributed by atoms with E-state index >= 15 is 0 Å². The van der Waals surface area contributed by atoms with E-state index < -0.39 is 11.7 Å². The summed E-state index contributed by atoms with van der Waals surface area (Å²) in [6, 6.07) is 13.0. The zero-order chi connectivity index (χ0) is 19.1. The first kappa shape index (κ1) is 17.6. The maximum atomic E-state index is 13.6. The monoisotopic (exact) mass is 427 g/mol. The van der Waals surface area contributed by atoms with Gasteiger partial charge in [-0.3, -0.25) is 9.59 Å². The fourth-order valence-electron chi connectivity index (χ4n) is 3.38. The standard InChI is InChI=1S/C20H15BrFN3O2/c1-11-18-16(19(27)12-5-7-13(21)8-6-12)10-17(26)23-20(18)25(24-11)15-4-2-3-14(22)9-15/h2-9,16H,10H2,1H3,(H,23,26)/t16-/m1/s1. The molecule has 0 bridgehead atoms. The molecule has 0 aliphatic carbocycles. The predicted molar refractivity (Wildman–Crippen MR) is 103 cm³/mol. The van der Waals surface area contributed by atoms with Crippen molar-refractivity contribution >= 4 is 33.4 Å². The Morgan fingerprint density at radius 1 is 1.26 bits per heavy atom. The molecule has 0 saturated carbocycles. The van der Waals surface area contributed by atoms with E-state index in [2.05, 4.69) is 26.3 Å². The number of nitrogens with one attached hydrogen (secondary N) is 1. The summed E-state index contributed by atoms with van der Waals surface area (Å²) in [6.07, 6.45) is 0.0532. The number of hydrogen-bond acceptors (Lipinski definition) is 3. The third-order valence-electron chi connectivity index (χ3n) is 4.60. The summed E-state index contributed by atoms with van der Waals surface area (Å²) in [5.41, 5.74) is 2.31. The van der Waals surface area contributed by atoms with Crippen molar-refractivity contribution in [2.75, 3.05) is 5.32 Å². The van der Waals surface area contributed by atoms with Gasteiger partial charge in [0.2, 0.25) is 5.91 Å². The van der Waals surface area contributed by atoms with E-state index in [1.54, 1.807) is 43.3 Å². The number of ketones is 1. The van der Waals surface area contributed by atoms with Crippen LogP contribution >= 0.6 is 15.9 Å². The minimum absolute atomic E-state index is 0.0532. The van der Waals surface area contributed by atoms with Crippen LogP contribution in [0.5, 0.6) is 0 Å². The molecule has 7 heteroatoms. The normalized spacial score (nSPS) is 16.0. The first-order chi connectivity index (χ1) is 12.9. The van der Waals surface area contributed by atoms with E-state index in [-0.39, 0.29) is 18.1 Å². The number of nitrogens with zero attached hydrogens (tertiary/aromatic N) is 2. The second-order valence-electron chi connectivity index (χ2n) is 6.42. The van der Waals surface area contributed by atoms with Gasteiger partial charge in [-0.05, 0) is 37.3 Å². The molecule has 1 amide bonds. The Kier molecular flexibility index (Phi) is 4.39. The zero-order valence-electron chi connectivity index (χ0n) is 14.4. The van der Waals surface area contributed by atoms with Crippen molar-refractivity contribution in [3.05, 3.63) is 75.6 Å². The second-order valence-corrected chi connectivity index (χ2v) is 7.33. The Balaban J connectivity index is 1.82. The number of carbonyl (C=O) groups is 2. The quantitative estimate of drug-likeness (QED) is 0.630. The van der Waals surface area contributed by atoms with Crippen LogP contribution in [-0.2, 0) is 4.79 Å². The maximum Gasteiger partial charge on any atom is 0.226 e. The van der Waals surface area contributed by atoms with Gasteiger partial charge < -0.3 is 5.32 Å². The molecule has 27 heavy (non-hydrogen) atoms. The molecule has 136 valence electrons. The number of anilines is 1. The number of Topliss-reactive ketones (excluding diaryl/α,β-unsaturated/α-hetero) is 1. The minimum Gasteiger partial charge on any atom is -0.310 e. The molecule has 1 atom stereocenters. The molecule has 0 unspecified atom stereocenters. The van der Waals surface area contributed by atoms with Gasteiger partial charge in [0.05, 0.1) is 17.3 Å². The van der Waals surface area contributed by atoms with Crippen LogP contribution < -0.4 is 5.32 Å². The number of fused-ring (bicyclic) bond motifs is 1. The highest BCUT2D eigenvalue weighted by molar-refractivity contribution is 9.10. The van der Waals surface area contributed by atoms with Crippen molar-refractivity contribution in [3.8, 4) is 5.69 Å². The van der Waals surface area contributed by atoms with Gasteiger partial charge in [-0.2, -0.15) is 5.10 Å². The Bertz CT molecular complexity index is 1060. The van der Waals surface area contributed by atoms with Crippen LogP contribution in [0, 0.1) is 12.7 Å². The van der Waals surface area contributed by atoms with Gasteiger partial charge in [0.25, 0.3) is 0 Å². The summed E-state index contributed by atoms with van der Waals surface area (Å²) in [5, 5.41) is 7.25. The highest BCUT2D eigenvalue weighted by Gasteiger charge is 2.36. The van der Waals surface area contributed by atoms with Gasteiger partial charge in [-0.15, -0.1) is 0 Å². The Morgan fingerprint density at radius 3 is 2.70 bits per heavy atom. The van der Waals surface area contributed by atoms with Gasteiger partial charge in [-0.25, -0.2) is 9.07 Å². The second kappa shape index (κ2) is 6.74. The maximum absolute atomic E-state index is 13.6. The van der Waals surface area contributed by atoms with Crippen molar-refractivity contribution < 1.29 is 14.0 Å². The minimum atomic E-state index is -0.628. The molecule has 2 aromatic carbocycles. The van der Waals surface area contributed by atoms with Crippen LogP contribution in [0.15, 0.2) is 53.0 Å². The van der Waals surface area contributed by atoms with Crippen molar-refractivity contribution in [1.82, 2.24) is 9.78 Å². The lowest BCUT2D eigenvalue weighted by molar-refractivity contribution is -0.116. The smallest absolute Gasteiger partial charge is 0.226 e. The molecular formula is C20H15BrFN3O2. The van der Waals surface area contributed by atoms with Crippen LogP contribution in [0.3, 0.4) is 0 Å². The zero-order valence-corrected chi connectivity index (χ0v) is 16.0. The molecule has 1 aliphatic heterocycles. The number of aromatic nitrogens is 2. The van der Waals surface area contributed by atoms with Crippen molar-refractivity contribution in [3.63, 3.8) is 0 Å². The van der Waals surface area contributed by atoms with Gasteiger partial charge in [0.15, 0.2) is 5.78 Å². The van der Waals surface area contributed by atoms with Crippen molar-refractivity contribution in [1.29, 1.82) is 0 Å². The largest absolute Gasteiger partial charge is 0.310 e. The van der Waals surface area contributed by atoms with E-state index in [9.17, 15) is 14.0 Å². The first-order valence-electron chi connectivity index (χ1n) is 8.39. The Hall–Kier alpha value is -2.80. The van der Waals surface area contributed by atoms with Crippen molar-refractivity contribution in [2.45, 2.75) is 19.3 Å². The van der Waals surface area contributed by atoms with Crippen molar-refractivity contribution in [2.24, 2.45) is 0 Å². The number of carbonyl (C=O) groups excluding carboxylic acids is 2. The summed E-state index contributed by atoms with van der Waals surface area (Å²) in [7, 11) is 0. The molecule has 1 N–H and O–H groups in total. The summed E-state index contributed by atoms with van der Waals surface area (Å²) in [4.78, 5) is 25.4. The van der Waals surface area contributed by atoms with Gasteiger partial charge in [0, 0.05) is 22.0 Å². The molecule has 1 aromatic heterocycles. The van der Waals surface area contributed by atoms with E-state index in [0.717, 1.165) is 4.47 Å². The van der Waals surface area contributed by atoms with Crippen LogP contribution in [-0.4, -0.2) is 21.5 Å². The Morgan fingerprint density at radius 2 is 2.00 bits per heavy atom. The number of halogens is 2. The molecule has 4 rings (SSSR count). The first-order valence-corrected chi connectivity index (χ1v) is 9.18. The topological polar surface area (TPSA) is 64.0 Å². The van der Waals surface area contributed by atoms with Crippen LogP contribution in [0.1, 0.15) is 34.0 Å². The van der Waals surface area contributed by atoms with E-state index in [4.69, 9.17) is 0 Å². The lowest BCUT2D eigenvalue weighted by atomic mass is 9.85. The number of amides is 1. The highest BCUT2D eigenvalue weighted by Crippen LogP contribution is 2.38. The lowest BCUT2D eigenvalue weighted by Gasteiger charge is -2.23. The molecule has 2 heterocycles. The highest BCUT2D eigenvalue weighted by atomic mass is 79.9. The third kappa shape index (κ3) is 3.19. The Labute approximate surface area is 163 Å². The van der Waals surface area contributed by atoms with Gasteiger partial charge in [-0.1, -0.05) is 34.1 Å². The number of benzene rings is 2. The molecule has 0 spiro atoms. The summed E-state index contributed by atoms with van der Waals surface area (Å²) in [5.74, 6) is -1.02. The van der Waals surface area contributed by atoms with E-state index in [1.807, 2.05) is 0 Å². The fourth-order valence-corrected chi connectivity index (χ4v) is 3.65. The summed E-state index contributed by atoms with van der Waals surface area (Å²) < 4.78 is 16.0. The fraction of sp³-hybridized carbons (Fsp3) is 0.150. The van der Waals surface area contributed by atoms with E-state index in [1.165, 1.54) is 16.8 Å². The van der Waals surface area contributed by atoms with Crippen LogP contribution in [0.2, 0.25) is 0 Å². The summed E-state index contributed by atoms with van der Waals surface area (Å²) >= 11 is 3.35. The third-order valence-corrected chi connectivity index (χ3v) is 5.13. The number of hydrogen-bond donors (Lipinski definition) is 1.